The van der Waals surface area contributed by atoms with E-state index in [9.17, 15) is 13.6 Å². The molecule has 0 radical (unpaired) electrons. The Bertz CT molecular complexity index is 597. The largest absolute Gasteiger partial charge is 0.486 e. The van der Waals surface area contributed by atoms with Crippen LogP contribution in [0.15, 0.2) is 36.4 Å². The van der Waals surface area contributed by atoms with Crippen molar-refractivity contribution in [3.05, 3.63) is 64.2 Å². The number of ether oxygens (including phenoxy) is 1. The second kappa shape index (κ2) is 5.80. The summed E-state index contributed by atoms with van der Waals surface area (Å²) in [5, 5.41) is 0.0293. The minimum Gasteiger partial charge on any atom is -0.486 e. The highest BCUT2D eigenvalue weighted by Gasteiger charge is 2.12. The minimum absolute atomic E-state index is 0.0293. The lowest BCUT2D eigenvalue weighted by molar-refractivity contribution is 0.111. The zero-order chi connectivity index (χ0) is 13.8. The highest BCUT2D eigenvalue weighted by molar-refractivity contribution is 6.33. The zero-order valence-electron chi connectivity index (χ0n) is 9.70. The predicted octanol–water partition coefficient (Wildman–Crippen LogP) is 4.01. The third-order valence-electron chi connectivity index (χ3n) is 2.52. The van der Waals surface area contributed by atoms with Gasteiger partial charge >= 0.3 is 0 Å². The maximum atomic E-state index is 13.8. The van der Waals surface area contributed by atoms with E-state index < -0.39 is 5.82 Å². The van der Waals surface area contributed by atoms with E-state index in [1.807, 2.05) is 0 Å². The average molecular weight is 283 g/mol. The fourth-order valence-corrected chi connectivity index (χ4v) is 1.70. The van der Waals surface area contributed by atoms with Gasteiger partial charge in [0.15, 0.2) is 17.9 Å². The van der Waals surface area contributed by atoms with Crippen LogP contribution in [-0.2, 0) is 6.61 Å². The van der Waals surface area contributed by atoms with E-state index in [2.05, 4.69) is 0 Å². The monoisotopic (exact) mass is 282 g/mol. The van der Waals surface area contributed by atoms with Crippen LogP contribution in [0.1, 0.15) is 15.9 Å². The standard InChI is InChI=1S/C14H9ClF2O2/c15-12-5-6-13(14(17)11(12)7-18)19-8-9-1-3-10(16)4-2-9/h1-7H,8H2. The van der Waals surface area contributed by atoms with E-state index in [-0.39, 0.29) is 28.8 Å². The van der Waals surface area contributed by atoms with E-state index in [1.165, 1.54) is 36.4 Å². The first-order chi connectivity index (χ1) is 9.11. The van der Waals surface area contributed by atoms with E-state index in [1.54, 1.807) is 0 Å². The molecule has 19 heavy (non-hydrogen) atoms. The Morgan fingerprint density at radius 3 is 2.42 bits per heavy atom. The molecule has 0 amide bonds. The summed E-state index contributed by atoms with van der Waals surface area (Å²) in [6.45, 7) is 0.0666. The first kappa shape index (κ1) is 13.5. The van der Waals surface area contributed by atoms with Gasteiger partial charge in [-0.3, -0.25) is 4.79 Å². The summed E-state index contributed by atoms with van der Waals surface area (Å²) in [4.78, 5) is 10.7. The summed E-state index contributed by atoms with van der Waals surface area (Å²) in [6.07, 6.45) is 0.336. The van der Waals surface area contributed by atoms with Crippen molar-refractivity contribution in [2.75, 3.05) is 0 Å². The molecule has 2 aromatic carbocycles. The molecule has 0 spiro atoms. The first-order valence-corrected chi connectivity index (χ1v) is 5.80. The third-order valence-corrected chi connectivity index (χ3v) is 2.85. The predicted molar refractivity (Wildman–Crippen MR) is 67.5 cm³/mol. The van der Waals surface area contributed by atoms with E-state index in [0.717, 1.165) is 0 Å². The van der Waals surface area contributed by atoms with Gasteiger partial charge in [0, 0.05) is 0 Å². The Labute approximate surface area is 113 Å². The van der Waals surface area contributed by atoms with Gasteiger partial charge in [-0.25, -0.2) is 8.78 Å². The van der Waals surface area contributed by atoms with Gasteiger partial charge in [-0.2, -0.15) is 0 Å². The Kier molecular flexibility index (Phi) is 4.12. The SMILES string of the molecule is O=Cc1c(Cl)ccc(OCc2ccc(F)cc2)c1F. The van der Waals surface area contributed by atoms with Crippen LogP contribution in [0.2, 0.25) is 5.02 Å². The zero-order valence-corrected chi connectivity index (χ0v) is 10.5. The molecule has 0 aliphatic heterocycles. The van der Waals surface area contributed by atoms with E-state index >= 15 is 0 Å². The smallest absolute Gasteiger partial charge is 0.177 e. The molecular formula is C14H9ClF2O2. The number of halogens is 3. The van der Waals surface area contributed by atoms with Crippen molar-refractivity contribution < 1.29 is 18.3 Å². The lowest BCUT2D eigenvalue weighted by Crippen LogP contribution is -2.00. The topological polar surface area (TPSA) is 26.3 Å². The van der Waals surface area contributed by atoms with Crippen LogP contribution < -0.4 is 4.74 Å². The number of aldehydes is 1. The van der Waals surface area contributed by atoms with Gasteiger partial charge in [0.2, 0.25) is 0 Å². The Morgan fingerprint density at radius 2 is 1.79 bits per heavy atom. The number of benzene rings is 2. The summed E-state index contributed by atoms with van der Waals surface area (Å²) in [5.74, 6) is -1.23. The Morgan fingerprint density at radius 1 is 1.11 bits per heavy atom. The highest BCUT2D eigenvalue weighted by Crippen LogP contribution is 2.26. The molecule has 98 valence electrons. The maximum Gasteiger partial charge on any atom is 0.177 e. The average Bonchev–Trinajstić information content (AvgIpc) is 2.40. The molecule has 0 N–H and O–H groups in total. The molecule has 0 saturated heterocycles. The van der Waals surface area contributed by atoms with Gasteiger partial charge < -0.3 is 4.74 Å². The van der Waals surface area contributed by atoms with Crippen LogP contribution in [0.5, 0.6) is 5.75 Å². The van der Waals surface area contributed by atoms with Crippen LogP contribution in [0, 0.1) is 11.6 Å². The third kappa shape index (κ3) is 3.09. The van der Waals surface area contributed by atoms with Gasteiger partial charge in [-0.05, 0) is 29.8 Å². The number of carbonyl (C=O) groups is 1. The molecule has 0 atom stereocenters. The molecule has 0 fully saturated rings. The summed E-state index contributed by atoms with van der Waals surface area (Å²) in [6, 6.07) is 8.36. The van der Waals surface area contributed by atoms with Gasteiger partial charge in [0.25, 0.3) is 0 Å². The maximum absolute atomic E-state index is 13.8. The molecule has 5 heteroatoms. The van der Waals surface area contributed by atoms with Crippen molar-refractivity contribution in [1.82, 2.24) is 0 Å². The summed E-state index contributed by atoms with van der Waals surface area (Å²) < 4.78 is 31.7. The van der Waals surface area contributed by atoms with Gasteiger partial charge in [-0.15, -0.1) is 0 Å². The van der Waals surface area contributed by atoms with Crippen LogP contribution in [0.4, 0.5) is 8.78 Å². The van der Waals surface area contributed by atoms with Crippen LogP contribution in [-0.4, -0.2) is 6.29 Å². The number of hydrogen-bond donors (Lipinski definition) is 0. The minimum atomic E-state index is -0.801. The van der Waals surface area contributed by atoms with Crippen molar-refractivity contribution >= 4 is 17.9 Å². The number of hydrogen-bond acceptors (Lipinski definition) is 2. The summed E-state index contributed by atoms with van der Waals surface area (Å²) in [5.41, 5.74) is 0.446. The fraction of sp³-hybridized carbons (Fsp3) is 0.0714. The fourth-order valence-electron chi connectivity index (χ4n) is 1.51. The molecule has 0 aromatic heterocycles. The molecule has 0 saturated carbocycles. The van der Waals surface area contributed by atoms with Gasteiger partial charge in [-0.1, -0.05) is 23.7 Å². The molecule has 2 rings (SSSR count). The van der Waals surface area contributed by atoms with Crippen molar-refractivity contribution in [2.45, 2.75) is 6.61 Å². The highest BCUT2D eigenvalue weighted by atomic mass is 35.5. The normalized spacial score (nSPS) is 10.3. The van der Waals surface area contributed by atoms with Gasteiger partial charge in [0.05, 0.1) is 10.6 Å². The van der Waals surface area contributed by atoms with Crippen LogP contribution in [0.3, 0.4) is 0 Å². The first-order valence-electron chi connectivity index (χ1n) is 5.42. The molecule has 0 heterocycles. The Hall–Kier alpha value is -1.94. The number of rotatable bonds is 4. The van der Waals surface area contributed by atoms with E-state index in [4.69, 9.17) is 16.3 Å². The van der Waals surface area contributed by atoms with Gasteiger partial charge in [0.1, 0.15) is 12.4 Å². The summed E-state index contributed by atoms with van der Waals surface area (Å²) >= 11 is 5.67. The molecule has 2 aromatic rings. The molecule has 0 bridgehead atoms. The van der Waals surface area contributed by atoms with Crippen LogP contribution in [0.25, 0.3) is 0 Å². The van der Waals surface area contributed by atoms with E-state index in [0.29, 0.717) is 11.8 Å². The second-order valence-corrected chi connectivity index (χ2v) is 4.21. The van der Waals surface area contributed by atoms with Crippen molar-refractivity contribution in [1.29, 1.82) is 0 Å². The Balaban J connectivity index is 2.16. The lowest BCUT2D eigenvalue weighted by atomic mass is 10.2. The molecule has 0 unspecified atom stereocenters. The molecular weight excluding hydrogens is 274 g/mol. The lowest BCUT2D eigenvalue weighted by Gasteiger charge is -2.09. The molecule has 0 aliphatic carbocycles. The molecule has 0 aliphatic rings. The number of carbonyl (C=O) groups excluding carboxylic acids is 1. The van der Waals surface area contributed by atoms with Crippen molar-refractivity contribution in [3.63, 3.8) is 0 Å². The van der Waals surface area contributed by atoms with Crippen LogP contribution >= 0.6 is 11.6 Å². The molecule has 2 nitrogen and oxygen atoms in total. The van der Waals surface area contributed by atoms with Crippen molar-refractivity contribution in [3.8, 4) is 5.75 Å². The second-order valence-electron chi connectivity index (χ2n) is 3.81. The van der Waals surface area contributed by atoms with Crippen molar-refractivity contribution in [2.24, 2.45) is 0 Å². The summed E-state index contributed by atoms with van der Waals surface area (Å²) in [7, 11) is 0. The quantitative estimate of drug-likeness (QED) is 0.792.